The van der Waals surface area contributed by atoms with Crippen molar-refractivity contribution in [3.8, 4) is 22.5 Å². The number of aryl methyl sites for hydroxylation is 1. The van der Waals surface area contributed by atoms with Crippen LogP contribution in [0.5, 0.6) is 0 Å². The molecular formula is C25H23ClN2O3. The van der Waals surface area contributed by atoms with Gasteiger partial charge in [0.25, 0.3) is 0 Å². The van der Waals surface area contributed by atoms with E-state index in [0.29, 0.717) is 19.5 Å². The van der Waals surface area contributed by atoms with Gasteiger partial charge in [-0.15, -0.1) is 11.6 Å². The number of pyridine rings is 1. The molecule has 0 N–H and O–H groups in total. The average molecular weight is 435 g/mol. The average Bonchev–Trinajstić information content (AvgIpc) is 3.43. The molecule has 5 nitrogen and oxygen atoms in total. The summed E-state index contributed by atoms with van der Waals surface area (Å²) in [7, 11) is 0. The molecule has 3 aromatic rings. The number of hydrogen-bond donors (Lipinski definition) is 0. The molecule has 0 radical (unpaired) electrons. The van der Waals surface area contributed by atoms with Crippen LogP contribution in [0.25, 0.3) is 22.5 Å². The molecule has 0 bridgehead atoms. The number of rotatable bonds is 4. The minimum absolute atomic E-state index is 0.0102. The molecule has 1 saturated heterocycles. The number of furan rings is 1. The van der Waals surface area contributed by atoms with E-state index in [1.54, 1.807) is 6.20 Å². The number of piperidine rings is 1. The topological polar surface area (TPSA) is 63.4 Å². The van der Waals surface area contributed by atoms with E-state index in [1.807, 2.05) is 35.4 Å². The van der Waals surface area contributed by atoms with Crippen molar-refractivity contribution in [1.82, 2.24) is 9.88 Å². The van der Waals surface area contributed by atoms with E-state index < -0.39 is 0 Å². The Balaban J connectivity index is 1.50. The number of fused-ring (bicyclic) bond motifs is 1. The van der Waals surface area contributed by atoms with E-state index in [0.717, 1.165) is 58.6 Å². The monoisotopic (exact) mass is 434 g/mol. The first-order chi connectivity index (χ1) is 15.1. The highest BCUT2D eigenvalue weighted by Crippen LogP contribution is 2.41. The van der Waals surface area contributed by atoms with Crippen LogP contribution in [-0.4, -0.2) is 40.5 Å². The second-order valence-electron chi connectivity index (χ2n) is 8.22. The highest BCUT2D eigenvalue weighted by atomic mass is 35.5. The number of ketones is 1. The van der Waals surface area contributed by atoms with Crippen molar-refractivity contribution < 1.29 is 14.0 Å². The fourth-order valence-corrected chi connectivity index (χ4v) is 4.83. The van der Waals surface area contributed by atoms with Gasteiger partial charge >= 0.3 is 0 Å². The molecule has 1 aliphatic heterocycles. The van der Waals surface area contributed by atoms with E-state index >= 15 is 0 Å². The maximum absolute atomic E-state index is 12.0. The molecule has 1 aromatic carbocycles. The zero-order valence-electron chi connectivity index (χ0n) is 17.1. The molecule has 2 aromatic heterocycles. The van der Waals surface area contributed by atoms with Gasteiger partial charge in [-0.1, -0.05) is 18.2 Å². The number of benzene rings is 1. The lowest BCUT2D eigenvalue weighted by molar-refractivity contribution is -0.129. The van der Waals surface area contributed by atoms with Crippen LogP contribution in [0.2, 0.25) is 0 Å². The van der Waals surface area contributed by atoms with Crippen LogP contribution in [0.3, 0.4) is 0 Å². The molecule has 0 saturated carbocycles. The Morgan fingerprint density at radius 1 is 1.10 bits per heavy atom. The number of carbonyl (C=O) groups excluding carboxylic acids is 2. The molecule has 158 valence electrons. The number of alkyl halides is 1. The third-order valence-electron chi connectivity index (χ3n) is 6.38. The molecule has 5 rings (SSSR count). The van der Waals surface area contributed by atoms with Gasteiger partial charge in [-0.3, -0.25) is 14.6 Å². The highest BCUT2D eigenvalue weighted by molar-refractivity contribution is 6.27. The fourth-order valence-electron chi connectivity index (χ4n) is 4.66. The van der Waals surface area contributed by atoms with Gasteiger partial charge in [0.1, 0.15) is 17.4 Å². The number of amides is 1. The Hall–Kier alpha value is -2.92. The summed E-state index contributed by atoms with van der Waals surface area (Å²) >= 11 is 5.71. The van der Waals surface area contributed by atoms with Crippen molar-refractivity contribution >= 4 is 23.3 Å². The van der Waals surface area contributed by atoms with E-state index in [-0.39, 0.29) is 23.5 Å². The Morgan fingerprint density at radius 3 is 2.68 bits per heavy atom. The third kappa shape index (κ3) is 3.79. The van der Waals surface area contributed by atoms with Gasteiger partial charge in [0, 0.05) is 60.1 Å². The molecule has 0 spiro atoms. The smallest absolute Gasteiger partial charge is 0.237 e. The SMILES string of the molecule is O=C1CCc2cc(-c3oc(C4CCN(C(=O)CCl)CC4)cc3-c3cccnc3)ccc21. The summed E-state index contributed by atoms with van der Waals surface area (Å²) in [6.45, 7) is 1.38. The molecule has 3 heterocycles. The first-order valence-electron chi connectivity index (χ1n) is 10.7. The first kappa shape index (κ1) is 20.0. The zero-order chi connectivity index (χ0) is 21.4. The molecule has 2 aliphatic rings. The van der Waals surface area contributed by atoms with Crippen LogP contribution >= 0.6 is 11.6 Å². The van der Waals surface area contributed by atoms with Crippen LogP contribution in [0, 0.1) is 0 Å². The van der Waals surface area contributed by atoms with Crippen LogP contribution in [0.1, 0.15) is 46.9 Å². The number of aromatic nitrogens is 1. The molecular weight excluding hydrogens is 412 g/mol. The molecule has 6 heteroatoms. The van der Waals surface area contributed by atoms with Crippen molar-refractivity contribution in [2.75, 3.05) is 19.0 Å². The summed E-state index contributed by atoms with van der Waals surface area (Å²) in [5, 5.41) is 0. The quantitative estimate of drug-likeness (QED) is 0.537. The largest absolute Gasteiger partial charge is 0.460 e. The lowest BCUT2D eigenvalue weighted by Gasteiger charge is -2.30. The van der Waals surface area contributed by atoms with Gasteiger partial charge in [-0.05, 0) is 43.0 Å². The van der Waals surface area contributed by atoms with Gasteiger partial charge in [0.05, 0.1) is 0 Å². The number of carbonyl (C=O) groups is 2. The lowest BCUT2D eigenvalue weighted by atomic mass is 9.93. The van der Waals surface area contributed by atoms with Crippen molar-refractivity contribution in [2.45, 2.75) is 31.6 Å². The van der Waals surface area contributed by atoms with Crippen molar-refractivity contribution in [3.63, 3.8) is 0 Å². The first-order valence-corrected chi connectivity index (χ1v) is 11.2. The molecule has 0 atom stereocenters. The van der Waals surface area contributed by atoms with E-state index in [4.69, 9.17) is 16.0 Å². The van der Waals surface area contributed by atoms with Gasteiger partial charge < -0.3 is 9.32 Å². The van der Waals surface area contributed by atoms with Crippen LogP contribution in [0.15, 0.2) is 53.2 Å². The highest BCUT2D eigenvalue weighted by Gasteiger charge is 2.28. The summed E-state index contributed by atoms with van der Waals surface area (Å²) in [4.78, 5) is 30.0. The van der Waals surface area contributed by atoms with E-state index in [1.165, 1.54) is 0 Å². The predicted molar refractivity (Wildman–Crippen MR) is 119 cm³/mol. The Morgan fingerprint density at radius 2 is 1.94 bits per heavy atom. The molecule has 0 unspecified atom stereocenters. The zero-order valence-corrected chi connectivity index (χ0v) is 17.9. The van der Waals surface area contributed by atoms with Gasteiger partial charge in [0.2, 0.25) is 5.91 Å². The molecule has 1 aliphatic carbocycles. The standard InChI is InChI=1S/C25H23ClN2O3/c26-14-24(30)28-10-7-16(8-11-28)23-13-21(19-2-1-9-27-15-19)25(31-23)18-3-5-20-17(12-18)4-6-22(20)29/h1-3,5,9,12-13,15-16H,4,6-8,10-11,14H2. The maximum Gasteiger partial charge on any atom is 0.237 e. The number of halogens is 1. The van der Waals surface area contributed by atoms with Crippen molar-refractivity contribution in [1.29, 1.82) is 0 Å². The third-order valence-corrected chi connectivity index (χ3v) is 6.61. The number of hydrogen-bond acceptors (Lipinski definition) is 4. The van der Waals surface area contributed by atoms with Crippen molar-refractivity contribution in [2.24, 2.45) is 0 Å². The van der Waals surface area contributed by atoms with Crippen LogP contribution < -0.4 is 0 Å². The van der Waals surface area contributed by atoms with Crippen molar-refractivity contribution in [3.05, 3.63) is 65.7 Å². The molecule has 1 amide bonds. The van der Waals surface area contributed by atoms with E-state index in [2.05, 4.69) is 17.1 Å². The van der Waals surface area contributed by atoms with Crippen LogP contribution in [-0.2, 0) is 11.2 Å². The summed E-state index contributed by atoms with van der Waals surface area (Å²) in [6, 6.07) is 12.1. The molecule has 31 heavy (non-hydrogen) atoms. The predicted octanol–water partition coefficient (Wildman–Crippen LogP) is 5.08. The Labute approximate surface area is 186 Å². The fraction of sp³-hybridized carbons (Fsp3) is 0.320. The minimum Gasteiger partial charge on any atom is -0.460 e. The van der Waals surface area contributed by atoms with Gasteiger partial charge in [-0.25, -0.2) is 0 Å². The second-order valence-corrected chi connectivity index (χ2v) is 8.48. The summed E-state index contributed by atoms with van der Waals surface area (Å²) < 4.78 is 6.46. The van der Waals surface area contributed by atoms with E-state index in [9.17, 15) is 9.59 Å². The summed E-state index contributed by atoms with van der Waals surface area (Å²) in [5.41, 5.74) is 4.90. The number of likely N-dealkylation sites (tertiary alicyclic amines) is 1. The summed E-state index contributed by atoms with van der Waals surface area (Å²) in [5.74, 6) is 2.23. The second kappa shape index (κ2) is 8.31. The normalized spacial score (nSPS) is 16.5. The maximum atomic E-state index is 12.0. The van der Waals surface area contributed by atoms with Gasteiger partial charge in [0.15, 0.2) is 5.78 Å². The number of nitrogens with zero attached hydrogens (tertiary/aromatic N) is 2. The number of Topliss-reactive ketones (excluding diaryl/α,β-unsaturated/α-hetero) is 1. The Kier molecular flexibility index (Phi) is 5.36. The minimum atomic E-state index is -0.0102. The molecule has 1 fully saturated rings. The lowest BCUT2D eigenvalue weighted by Crippen LogP contribution is -2.38. The van der Waals surface area contributed by atoms with Crippen LogP contribution in [0.4, 0.5) is 0 Å². The Bertz CT molecular complexity index is 1130. The van der Waals surface area contributed by atoms with Gasteiger partial charge in [-0.2, -0.15) is 0 Å². The summed E-state index contributed by atoms with van der Waals surface area (Å²) in [6.07, 6.45) is 6.66.